The largest absolute Gasteiger partial charge is 0.485 e. The number of rotatable bonds is 5. The Hall–Kier alpha value is -1.75. The molecule has 1 atom stereocenters. The van der Waals surface area contributed by atoms with Crippen LogP contribution in [0, 0.1) is 0 Å². The maximum atomic E-state index is 12.3. The lowest BCUT2D eigenvalue weighted by Gasteiger charge is -2.30. The predicted molar refractivity (Wildman–Crippen MR) is 70.3 cm³/mol. The third-order valence-corrected chi connectivity index (χ3v) is 2.96. The van der Waals surface area contributed by atoms with E-state index in [0.29, 0.717) is 24.6 Å². The first-order valence-electron chi connectivity index (χ1n) is 6.54. The molecule has 1 heterocycles. The van der Waals surface area contributed by atoms with E-state index in [0.717, 1.165) is 6.42 Å². The second-order valence-electron chi connectivity index (χ2n) is 4.41. The molecule has 0 saturated heterocycles. The molecule has 1 amide bonds. The SMILES string of the molecule is CCCN(CCO)C(=O)C1COc2ccccc2O1. The second-order valence-corrected chi connectivity index (χ2v) is 4.41. The molecular formula is C14H19NO4. The number of hydrogen-bond donors (Lipinski definition) is 1. The summed E-state index contributed by atoms with van der Waals surface area (Å²) in [6.45, 7) is 3.09. The molecular weight excluding hydrogens is 246 g/mol. The molecule has 104 valence electrons. The third-order valence-electron chi connectivity index (χ3n) is 2.96. The Morgan fingerprint density at radius 1 is 1.37 bits per heavy atom. The van der Waals surface area contributed by atoms with E-state index in [9.17, 15) is 4.79 Å². The van der Waals surface area contributed by atoms with Gasteiger partial charge < -0.3 is 19.5 Å². The molecule has 5 heteroatoms. The normalized spacial score (nSPS) is 17.1. The Labute approximate surface area is 112 Å². The van der Waals surface area contributed by atoms with Crippen LogP contribution in [0.1, 0.15) is 13.3 Å². The molecule has 0 saturated carbocycles. The Kier molecular flexibility index (Phi) is 4.63. The van der Waals surface area contributed by atoms with Gasteiger partial charge in [-0.25, -0.2) is 0 Å². The van der Waals surface area contributed by atoms with E-state index in [2.05, 4.69) is 0 Å². The van der Waals surface area contributed by atoms with Crippen LogP contribution in [0.25, 0.3) is 0 Å². The standard InChI is InChI=1S/C14H19NO4/c1-2-7-15(8-9-16)14(17)13-10-18-11-5-3-4-6-12(11)19-13/h3-6,13,16H,2,7-10H2,1H3. The Bertz CT molecular complexity index is 429. The number of carbonyl (C=O) groups is 1. The van der Waals surface area contributed by atoms with E-state index in [4.69, 9.17) is 14.6 Å². The van der Waals surface area contributed by atoms with Crippen molar-refractivity contribution >= 4 is 5.91 Å². The number of amides is 1. The van der Waals surface area contributed by atoms with Gasteiger partial charge in [-0.2, -0.15) is 0 Å². The average molecular weight is 265 g/mol. The fourth-order valence-corrected chi connectivity index (χ4v) is 2.07. The fourth-order valence-electron chi connectivity index (χ4n) is 2.07. The van der Waals surface area contributed by atoms with Crippen LogP contribution < -0.4 is 9.47 Å². The van der Waals surface area contributed by atoms with Crippen LogP contribution in [0.3, 0.4) is 0 Å². The number of hydrogen-bond acceptors (Lipinski definition) is 4. The predicted octanol–water partition coefficient (Wildman–Crippen LogP) is 1.06. The molecule has 5 nitrogen and oxygen atoms in total. The zero-order valence-corrected chi connectivity index (χ0v) is 11.0. The smallest absolute Gasteiger partial charge is 0.267 e. The van der Waals surface area contributed by atoms with Crippen molar-refractivity contribution in [1.82, 2.24) is 4.90 Å². The molecule has 19 heavy (non-hydrogen) atoms. The molecule has 0 spiro atoms. The summed E-state index contributed by atoms with van der Waals surface area (Å²) in [7, 11) is 0. The number of fused-ring (bicyclic) bond motifs is 1. The van der Waals surface area contributed by atoms with E-state index < -0.39 is 6.10 Å². The molecule has 0 aliphatic carbocycles. The van der Waals surface area contributed by atoms with E-state index in [-0.39, 0.29) is 19.1 Å². The van der Waals surface area contributed by atoms with Gasteiger partial charge in [0, 0.05) is 13.1 Å². The highest BCUT2D eigenvalue weighted by Gasteiger charge is 2.30. The van der Waals surface area contributed by atoms with Gasteiger partial charge in [-0.1, -0.05) is 19.1 Å². The van der Waals surface area contributed by atoms with Crippen molar-refractivity contribution in [2.24, 2.45) is 0 Å². The molecule has 1 aliphatic rings. The van der Waals surface area contributed by atoms with Gasteiger partial charge in [0.15, 0.2) is 11.5 Å². The summed E-state index contributed by atoms with van der Waals surface area (Å²) in [6.07, 6.45) is 0.212. The number of aliphatic hydroxyl groups excluding tert-OH is 1. The van der Waals surface area contributed by atoms with Crippen LogP contribution in [-0.2, 0) is 4.79 Å². The van der Waals surface area contributed by atoms with Crippen LogP contribution in [0.15, 0.2) is 24.3 Å². The third kappa shape index (κ3) is 3.17. The summed E-state index contributed by atoms with van der Waals surface area (Å²) in [6, 6.07) is 7.30. The summed E-state index contributed by atoms with van der Waals surface area (Å²) >= 11 is 0. The summed E-state index contributed by atoms with van der Waals surface area (Å²) < 4.78 is 11.2. The molecule has 1 aromatic carbocycles. The van der Waals surface area contributed by atoms with Crippen LogP contribution in [-0.4, -0.2) is 48.3 Å². The molecule has 0 aromatic heterocycles. The van der Waals surface area contributed by atoms with Crippen molar-refractivity contribution in [2.75, 3.05) is 26.3 Å². The average Bonchev–Trinajstić information content (AvgIpc) is 2.46. The maximum absolute atomic E-state index is 12.3. The van der Waals surface area contributed by atoms with Crippen LogP contribution in [0.4, 0.5) is 0 Å². The first kappa shape index (κ1) is 13.7. The van der Waals surface area contributed by atoms with Crippen LogP contribution in [0.2, 0.25) is 0 Å². The zero-order chi connectivity index (χ0) is 13.7. The van der Waals surface area contributed by atoms with E-state index >= 15 is 0 Å². The lowest BCUT2D eigenvalue weighted by Crippen LogP contribution is -2.47. The van der Waals surface area contributed by atoms with Crippen LogP contribution >= 0.6 is 0 Å². The van der Waals surface area contributed by atoms with Gasteiger partial charge >= 0.3 is 0 Å². The molecule has 1 N–H and O–H groups in total. The molecule has 0 fully saturated rings. The minimum atomic E-state index is -0.631. The van der Waals surface area contributed by atoms with Gasteiger partial charge in [0.25, 0.3) is 5.91 Å². The Morgan fingerprint density at radius 3 is 2.79 bits per heavy atom. The monoisotopic (exact) mass is 265 g/mol. The Balaban J connectivity index is 2.04. The quantitative estimate of drug-likeness (QED) is 0.864. The van der Waals surface area contributed by atoms with Gasteiger partial charge in [0.05, 0.1) is 6.61 Å². The van der Waals surface area contributed by atoms with Gasteiger partial charge in [0.2, 0.25) is 6.10 Å². The van der Waals surface area contributed by atoms with Gasteiger partial charge in [-0.05, 0) is 18.6 Å². The number of benzene rings is 1. The minimum absolute atomic E-state index is 0.0457. The molecule has 1 aliphatic heterocycles. The topological polar surface area (TPSA) is 59.0 Å². The summed E-state index contributed by atoms with van der Waals surface area (Å²) in [5.41, 5.74) is 0. The minimum Gasteiger partial charge on any atom is -0.485 e. The van der Waals surface area contributed by atoms with E-state index in [1.807, 2.05) is 25.1 Å². The molecule has 1 unspecified atom stereocenters. The molecule has 2 rings (SSSR count). The van der Waals surface area contributed by atoms with Crippen LogP contribution in [0.5, 0.6) is 11.5 Å². The van der Waals surface area contributed by atoms with Crippen molar-refractivity contribution in [3.63, 3.8) is 0 Å². The lowest BCUT2D eigenvalue weighted by atomic mass is 10.2. The summed E-state index contributed by atoms with van der Waals surface area (Å²) in [5.74, 6) is 1.12. The second kappa shape index (κ2) is 6.43. The summed E-state index contributed by atoms with van der Waals surface area (Å²) in [5, 5.41) is 9.00. The molecule has 0 bridgehead atoms. The van der Waals surface area contributed by atoms with Crippen molar-refractivity contribution in [2.45, 2.75) is 19.4 Å². The van der Waals surface area contributed by atoms with Crippen molar-refractivity contribution in [1.29, 1.82) is 0 Å². The Morgan fingerprint density at radius 2 is 2.11 bits per heavy atom. The van der Waals surface area contributed by atoms with Gasteiger partial charge in [-0.15, -0.1) is 0 Å². The number of aliphatic hydroxyl groups is 1. The van der Waals surface area contributed by atoms with E-state index in [1.165, 1.54) is 0 Å². The highest BCUT2D eigenvalue weighted by molar-refractivity contribution is 5.82. The highest BCUT2D eigenvalue weighted by Crippen LogP contribution is 2.31. The maximum Gasteiger partial charge on any atom is 0.267 e. The highest BCUT2D eigenvalue weighted by atomic mass is 16.6. The number of carbonyl (C=O) groups excluding carboxylic acids is 1. The molecule has 0 radical (unpaired) electrons. The zero-order valence-electron chi connectivity index (χ0n) is 11.0. The first-order valence-corrected chi connectivity index (χ1v) is 6.54. The van der Waals surface area contributed by atoms with Crippen molar-refractivity contribution in [3.8, 4) is 11.5 Å². The number of nitrogens with zero attached hydrogens (tertiary/aromatic N) is 1. The number of para-hydroxylation sites is 2. The lowest BCUT2D eigenvalue weighted by molar-refractivity contribution is -0.141. The van der Waals surface area contributed by atoms with Crippen molar-refractivity contribution < 1.29 is 19.4 Å². The first-order chi connectivity index (χ1) is 9.26. The van der Waals surface area contributed by atoms with Gasteiger partial charge in [0.1, 0.15) is 6.61 Å². The van der Waals surface area contributed by atoms with Gasteiger partial charge in [-0.3, -0.25) is 4.79 Å². The number of ether oxygens (including phenoxy) is 2. The van der Waals surface area contributed by atoms with E-state index in [1.54, 1.807) is 11.0 Å². The van der Waals surface area contributed by atoms with Crippen molar-refractivity contribution in [3.05, 3.63) is 24.3 Å². The molecule has 1 aromatic rings. The fraction of sp³-hybridized carbons (Fsp3) is 0.500. The summed E-state index contributed by atoms with van der Waals surface area (Å²) in [4.78, 5) is 13.9.